The van der Waals surface area contributed by atoms with E-state index in [1.165, 1.54) is 11.8 Å². The van der Waals surface area contributed by atoms with Crippen molar-refractivity contribution in [1.29, 1.82) is 0 Å². The minimum Gasteiger partial charge on any atom is -0.496 e. The molecular formula is C22H24N4O2S. The quantitative estimate of drug-likeness (QED) is 0.429. The van der Waals surface area contributed by atoms with E-state index >= 15 is 0 Å². The maximum atomic E-state index is 12.5. The largest absolute Gasteiger partial charge is 0.496 e. The third kappa shape index (κ3) is 5.06. The first-order valence-electron chi connectivity index (χ1n) is 9.29. The van der Waals surface area contributed by atoms with Gasteiger partial charge in [0.1, 0.15) is 5.75 Å². The van der Waals surface area contributed by atoms with Crippen molar-refractivity contribution in [3.05, 3.63) is 72.8 Å². The molecule has 3 rings (SSSR count). The normalized spacial score (nSPS) is 11.7. The molecule has 150 valence electrons. The molecule has 0 aliphatic heterocycles. The summed E-state index contributed by atoms with van der Waals surface area (Å²) in [5.74, 6) is 1.35. The SMILES string of the molecule is C=CCn1c(S[C@H](C)C(=O)NCc2ccccc2)nnc1-c1ccccc1OC. The third-order valence-corrected chi connectivity index (χ3v) is 5.42. The molecule has 1 aromatic heterocycles. The maximum Gasteiger partial charge on any atom is 0.233 e. The van der Waals surface area contributed by atoms with Gasteiger partial charge in [-0.15, -0.1) is 16.8 Å². The summed E-state index contributed by atoms with van der Waals surface area (Å²) in [6, 6.07) is 17.5. The molecule has 3 aromatic rings. The molecular weight excluding hydrogens is 384 g/mol. The molecule has 0 aliphatic carbocycles. The first-order valence-corrected chi connectivity index (χ1v) is 10.2. The topological polar surface area (TPSA) is 69.0 Å². The average Bonchev–Trinajstić information content (AvgIpc) is 3.15. The van der Waals surface area contributed by atoms with Crippen LogP contribution < -0.4 is 10.1 Å². The summed E-state index contributed by atoms with van der Waals surface area (Å²) in [5, 5.41) is 12.0. The lowest BCUT2D eigenvalue weighted by Gasteiger charge is -2.13. The number of nitrogens with one attached hydrogen (secondary N) is 1. The number of hydrogen-bond donors (Lipinski definition) is 1. The molecule has 7 heteroatoms. The summed E-state index contributed by atoms with van der Waals surface area (Å²) >= 11 is 1.37. The Morgan fingerprint density at radius 1 is 1.21 bits per heavy atom. The predicted molar refractivity (Wildman–Crippen MR) is 116 cm³/mol. The minimum atomic E-state index is -0.322. The third-order valence-electron chi connectivity index (χ3n) is 4.34. The molecule has 1 heterocycles. The predicted octanol–water partition coefficient (Wildman–Crippen LogP) is 3.94. The van der Waals surface area contributed by atoms with Gasteiger partial charge in [0.15, 0.2) is 11.0 Å². The number of methoxy groups -OCH3 is 1. The van der Waals surface area contributed by atoms with Crippen LogP contribution in [0.25, 0.3) is 11.4 Å². The van der Waals surface area contributed by atoms with E-state index in [2.05, 4.69) is 22.1 Å². The fourth-order valence-electron chi connectivity index (χ4n) is 2.84. The van der Waals surface area contributed by atoms with Gasteiger partial charge in [-0.25, -0.2) is 0 Å². The number of hydrogen-bond acceptors (Lipinski definition) is 5. The van der Waals surface area contributed by atoms with E-state index in [1.54, 1.807) is 13.2 Å². The Kier molecular flexibility index (Phi) is 7.08. The average molecular weight is 409 g/mol. The van der Waals surface area contributed by atoms with Crippen LogP contribution in [-0.4, -0.2) is 33.0 Å². The highest BCUT2D eigenvalue weighted by atomic mass is 32.2. The number of allylic oxidation sites excluding steroid dienone is 1. The zero-order valence-electron chi connectivity index (χ0n) is 16.5. The highest BCUT2D eigenvalue weighted by Gasteiger charge is 2.21. The molecule has 0 spiro atoms. The van der Waals surface area contributed by atoms with Crippen LogP contribution in [0, 0.1) is 0 Å². The number of carbonyl (C=O) groups excluding carboxylic acids is 1. The molecule has 0 bridgehead atoms. The van der Waals surface area contributed by atoms with E-state index in [0.717, 1.165) is 16.9 Å². The zero-order chi connectivity index (χ0) is 20.6. The van der Waals surface area contributed by atoms with Crippen LogP contribution in [0.5, 0.6) is 5.75 Å². The van der Waals surface area contributed by atoms with Crippen LogP contribution in [0.15, 0.2) is 72.4 Å². The molecule has 2 aromatic carbocycles. The van der Waals surface area contributed by atoms with Gasteiger partial charge < -0.3 is 10.1 Å². The molecule has 6 nitrogen and oxygen atoms in total. The second-order valence-electron chi connectivity index (χ2n) is 6.37. The van der Waals surface area contributed by atoms with Crippen molar-refractivity contribution < 1.29 is 9.53 Å². The summed E-state index contributed by atoms with van der Waals surface area (Å²) in [7, 11) is 1.63. The van der Waals surface area contributed by atoms with Crippen molar-refractivity contribution in [2.24, 2.45) is 0 Å². The number of nitrogens with zero attached hydrogens (tertiary/aromatic N) is 3. The standard InChI is InChI=1S/C22H24N4O2S/c1-4-14-26-20(18-12-8-9-13-19(18)28-3)24-25-22(26)29-16(2)21(27)23-15-17-10-6-5-7-11-17/h4-13,16H,1,14-15H2,2-3H3,(H,23,27)/t16-/m1/s1. The van der Waals surface area contributed by atoms with Gasteiger partial charge in [0, 0.05) is 13.1 Å². The highest BCUT2D eigenvalue weighted by molar-refractivity contribution is 8.00. The van der Waals surface area contributed by atoms with Gasteiger partial charge in [0.05, 0.1) is 17.9 Å². The number of benzene rings is 2. The van der Waals surface area contributed by atoms with Crippen LogP contribution in [0.2, 0.25) is 0 Å². The van der Waals surface area contributed by atoms with Crippen LogP contribution in [0.1, 0.15) is 12.5 Å². The van der Waals surface area contributed by atoms with Gasteiger partial charge >= 0.3 is 0 Å². The Morgan fingerprint density at radius 2 is 1.93 bits per heavy atom. The molecule has 0 saturated carbocycles. The minimum absolute atomic E-state index is 0.0501. The number of para-hydroxylation sites is 1. The molecule has 0 aliphatic rings. The Bertz CT molecular complexity index is 972. The van der Waals surface area contributed by atoms with Gasteiger partial charge in [0.2, 0.25) is 5.91 Å². The van der Waals surface area contributed by atoms with Crippen LogP contribution in [0.4, 0.5) is 0 Å². The van der Waals surface area contributed by atoms with Gasteiger partial charge in [0.25, 0.3) is 0 Å². The van der Waals surface area contributed by atoms with Crippen molar-refractivity contribution in [3.8, 4) is 17.1 Å². The van der Waals surface area contributed by atoms with Gasteiger partial charge in [-0.3, -0.25) is 9.36 Å². The molecule has 0 fully saturated rings. The Balaban J connectivity index is 1.75. The van der Waals surface area contributed by atoms with Crippen molar-refractivity contribution in [2.45, 2.75) is 30.4 Å². The second-order valence-corrected chi connectivity index (χ2v) is 7.68. The van der Waals surface area contributed by atoms with Crippen LogP contribution >= 0.6 is 11.8 Å². The number of rotatable bonds is 9. The number of amides is 1. The van der Waals surface area contributed by atoms with E-state index in [-0.39, 0.29) is 11.2 Å². The lowest BCUT2D eigenvalue weighted by Crippen LogP contribution is -2.30. The molecule has 1 N–H and O–H groups in total. The Morgan fingerprint density at radius 3 is 2.66 bits per heavy atom. The van der Waals surface area contributed by atoms with E-state index in [4.69, 9.17) is 4.74 Å². The van der Waals surface area contributed by atoms with Gasteiger partial charge in [-0.1, -0.05) is 60.3 Å². The lowest BCUT2D eigenvalue weighted by atomic mass is 10.2. The summed E-state index contributed by atoms with van der Waals surface area (Å²) in [6.07, 6.45) is 1.78. The van der Waals surface area contributed by atoms with Crippen molar-refractivity contribution in [3.63, 3.8) is 0 Å². The molecule has 29 heavy (non-hydrogen) atoms. The molecule has 1 atom stereocenters. The zero-order valence-corrected chi connectivity index (χ0v) is 17.4. The van der Waals surface area contributed by atoms with Gasteiger partial charge in [-0.05, 0) is 24.6 Å². The van der Waals surface area contributed by atoms with E-state index in [1.807, 2.05) is 66.1 Å². The van der Waals surface area contributed by atoms with E-state index < -0.39 is 0 Å². The smallest absolute Gasteiger partial charge is 0.233 e. The number of carbonyl (C=O) groups is 1. The Labute approximate surface area is 175 Å². The highest BCUT2D eigenvalue weighted by Crippen LogP contribution is 2.32. The van der Waals surface area contributed by atoms with E-state index in [9.17, 15) is 4.79 Å². The fourth-order valence-corrected chi connectivity index (χ4v) is 3.72. The van der Waals surface area contributed by atoms with Gasteiger partial charge in [-0.2, -0.15) is 0 Å². The second kappa shape index (κ2) is 9.93. The number of ether oxygens (including phenoxy) is 1. The fraction of sp³-hybridized carbons (Fsp3) is 0.227. The first-order chi connectivity index (χ1) is 14.1. The maximum absolute atomic E-state index is 12.5. The van der Waals surface area contributed by atoms with Crippen LogP contribution in [0.3, 0.4) is 0 Å². The first kappa shape index (κ1) is 20.7. The summed E-state index contributed by atoms with van der Waals surface area (Å²) in [5.41, 5.74) is 1.91. The van der Waals surface area contributed by atoms with Crippen molar-refractivity contribution in [1.82, 2.24) is 20.1 Å². The Hall–Kier alpha value is -3.06. The molecule has 1 amide bonds. The molecule has 0 saturated heterocycles. The van der Waals surface area contributed by atoms with Crippen molar-refractivity contribution in [2.75, 3.05) is 7.11 Å². The monoisotopic (exact) mass is 408 g/mol. The summed E-state index contributed by atoms with van der Waals surface area (Å²) in [6.45, 7) is 6.72. The van der Waals surface area contributed by atoms with Crippen molar-refractivity contribution >= 4 is 17.7 Å². The number of thioether (sulfide) groups is 1. The number of aromatic nitrogens is 3. The summed E-state index contributed by atoms with van der Waals surface area (Å²) in [4.78, 5) is 12.5. The molecule has 0 unspecified atom stereocenters. The lowest BCUT2D eigenvalue weighted by molar-refractivity contribution is -0.120. The molecule has 0 radical (unpaired) electrons. The van der Waals surface area contributed by atoms with Crippen LogP contribution in [-0.2, 0) is 17.9 Å². The summed E-state index contributed by atoms with van der Waals surface area (Å²) < 4.78 is 7.40. The van der Waals surface area contributed by atoms with E-state index in [0.29, 0.717) is 24.1 Å².